The van der Waals surface area contributed by atoms with E-state index in [-0.39, 0.29) is 29.8 Å². The van der Waals surface area contributed by atoms with Gasteiger partial charge in [-0.25, -0.2) is 0 Å². The Balaban J connectivity index is 2.34. The molecule has 27 heavy (non-hydrogen) atoms. The van der Waals surface area contributed by atoms with Crippen molar-refractivity contribution in [3.63, 3.8) is 0 Å². The second-order valence-corrected chi connectivity index (χ2v) is 6.70. The molecule has 1 N–H and O–H groups in total. The predicted octanol–water partition coefficient (Wildman–Crippen LogP) is 2.08. The van der Waals surface area contributed by atoms with Crippen molar-refractivity contribution in [2.45, 2.75) is 26.2 Å². The van der Waals surface area contributed by atoms with Gasteiger partial charge in [-0.3, -0.25) is 14.4 Å². The van der Waals surface area contributed by atoms with Crippen LogP contribution in [0.3, 0.4) is 0 Å². The van der Waals surface area contributed by atoms with Gasteiger partial charge < -0.3 is 14.8 Å². The molecule has 0 saturated carbocycles. The lowest BCUT2D eigenvalue weighted by Gasteiger charge is -2.27. The molecule has 0 aliphatic carbocycles. The van der Waals surface area contributed by atoms with E-state index in [1.54, 1.807) is 32.0 Å². The number of aryl methyl sites for hydroxylation is 2. The van der Waals surface area contributed by atoms with Crippen molar-refractivity contribution >= 4 is 11.8 Å². The van der Waals surface area contributed by atoms with E-state index in [0.717, 1.165) is 12.0 Å². The van der Waals surface area contributed by atoms with Crippen molar-refractivity contribution < 1.29 is 9.59 Å². The average Bonchev–Trinajstić information content (AvgIpc) is 2.68. The van der Waals surface area contributed by atoms with Gasteiger partial charge in [0.05, 0.1) is 12.1 Å². The Morgan fingerprint density at radius 2 is 1.89 bits per heavy atom. The predicted molar refractivity (Wildman–Crippen MR) is 106 cm³/mol. The maximum atomic E-state index is 13.1. The first-order valence-electron chi connectivity index (χ1n) is 9.09. The number of pyridine rings is 1. The van der Waals surface area contributed by atoms with Gasteiger partial charge in [0.1, 0.15) is 0 Å². The molecular formula is C21H27N3O3. The Hall–Kier alpha value is -2.89. The number of benzene rings is 1. The van der Waals surface area contributed by atoms with Gasteiger partial charge in [0.2, 0.25) is 5.91 Å². The van der Waals surface area contributed by atoms with E-state index in [1.165, 1.54) is 10.8 Å². The summed E-state index contributed by atoms with van der Waals surface area (Å²) in [6.45, 7) is 4.15. The highest BCUT2D eigenvalue weighted by atomic mass is 16.2. The summed E-state index contributed by atoms with van der Waals surface area (Å²) in [5.41, 5.74) is 1.89. The Bertz CT molecular complexity index is 832. The Morgan fingerprint density at radius 1 is 1.22 bits per heavy atom. The summed E-state index contributed by atoms with van der Waals surface area (Å²) in [5, 5.41) is 2.58. The van der Waals surface area contributed by atoms with Gasteiger partial charge in [-0.15, -0.1) is 0 Å². The first kappa shape index (κ1) is 20.4. The van der Waals surface area contributed by atoms with Gasteiger partial charge in [-0.1, -0.05) is 37.3 Å². The number of likely N-dealkylation sites (N-methyl/N-ethyl adjacent to an activating group) is 1. The van der Waals surface area contributed by atoms with Crippen LogP contribution in [0.5, 0.6) is 0 Å². The zero-order valence-electron chi connectivity index (χ0n) is 16.4. The summed E-state index contributed by atoms with van der Waals surface area (Å²) in [6.07, 6.45) is 2.37. The average molecular weight is 369 g/mol. The molecule has 144 valence electrons. The highest BCUT2D eigenvalue weighted by molar-refractivity contribution is 5.96. The van der Waals surface area contributed by atoms with Crippen LogP contribution in [0.1, 0.15) is 40.7 Å². The molecule has 0 spiro atoms. The number of nitrogens with one attached hydrogen (secondary N) is 1. The van der Waals surface area contributed by atoms with Gasteiger partial charge in [0, 0.05) is 38.3 Å². The first-order valence-corrected chi connectivity index (χ1v) is 9.09. The number of carbonyl (C=O) groups excluding carboxylic acids is 2. The number of rotatable bonds is 7. The second-order valence-electron chi connectivity index (χ2n) is 6.70. The zero-order chi connectivity index (χ0) is 20.0. The van der Waals surface area contributed by atoms with Crippen molar-refractivity contribution in [3.05, 3.63) is 69.6 Å². The highest BCUT2D eigenvalue weighted by Crippen LogP contribution is 2.21. The topological polar surface area (TPSA) is 71.4 Å². The van der Waals surface area contributed by atoms with Crippen LogP contribution in [0.2, 0.25) is 0 Å². The van der Waals surface area contributed by atoms with E-state index >= 15 is 0 Å². The van der Waals surface area contributed by atoms with E-state index in [4.69, 9.17) is 0 Å². The third-order valence-corrected chi connectivity index (χ3v) is 4.71. The van der Waals surface area contributed by atoms with Crippen LogP contribution >= 0.6 is 0 Å². The van der Waals surface area contributed by atoms with Gasteiger partial charge in [0.15, 0.2) is 0 Å². The third-order valence-electron chi connectivity index (χ3n) is 4.71. The number of aromatic nitrogens is 1. The zero-order valence-corrected chi connectivity index (χ0v) is 16.4. The molecule has 0 aliphatic rings. The molecule has 2 aromatic rings. The van der Waals surface area contributed by atoms with Crippen molar-refractivity contribution in [2.24, 2.45) is 7.05 Å². The minimum absolute atomic E-state index is 0.0272. The Labute approximate surface area is 159 Å². The van der Waals surface area contributed by atoms with Crippen molar-refractivity contribution in [2.75, 3.05) is 20.1 Å². The molecule has 0 bridgehead atoms. The Kier molecular flexibility index (Phi) is 6.93. The lowest BCUT2D eigenvalue weighted by molar-refractivity contribution is -0.121. The minimum Gasteiger partial charge on any atom is -0.358 e. The largest absolute Gasteiger partial charge is 0.358 e. The molecule has 0 radical (unpaired) electrons. The van der Waals surface area contributed by atoms with Crippen LogP contribution in [-0.4, -0.2) is 41.4 Å². The molecule has 2 rings (SSSR count). The fourth-order valence-electron chi connectivity index (χ4n) is 3.11. The molecule has 1 unspecified atom stereocenters. The second kappa shape index (κ2) is 9.16. The molecule has 0 saturated heterocycles. The van der Waals surface area contributed by atoms with Crippen molar-refractivity contribution in [1.29, 1.82) is 0 Å². The van der Waals surface area contributed by atoms with E-state index in [9.17, 15) is 14.4 Å². The fraction of sp³-hybridized carbons (Fsp3) is 0.381. The van der Waals surface area contributed by atoms with Gasteiger partial charge in [-0.05, 0) is 25.0 Å². The maximum Gasteiger partial charge on any atom is 0.255 e. The summed E-state index contributed by atoms with van der Waals surface area (Å²) in [6, 6.07) is 11.6. The van der Waals surface area contributed by atoms with E-state index in [0.29, 0.717) is 17.7 Å². The molecule has 1 aromatic heterocycles. The molecule has 2 amide bonds. The monoisotopic (exact) mass is 369 g/mol. The van der Waals surface area contributed by atoms with Gasteiger partial charge in [0.25, 0.3) is 11.5 Å². The smallest absolute Gasteiger partial charge is 0.255 e. The van der Waals surface area contributed by atoms with Crippen LogP contribution in [0.15, 0.2) is 47.4 Å². The number of hydrogen-bond donors (Lipinski definition) is 1. The SMILES string of the molecule is CCC(CN(CC(=O)NC)C(=O)c1cc(C)c(=O)n(C)c1)c1ccccc1. The number of hydrogen-bond acceptors (Lipinski definition) is 3. The highest BCUT2D eigenvalue weighted by Gasteiger charge is 2.23. The molecule has 1 aromatic carbocycles. The standard InChI is InChI=1S/C21H27N3O3/c1-5-16(17-9-7-6-8-10-17)13-24(14-19(25)22-3)21(27)18-11-15(2)20(26)23(4)12-18/h6-12,16H,5,13-14H2,1-4H3,(H,22,25). The lowest BCUT2D eigenvalue weighted by Crippen LogP contribution is -2.42. The molecular weight excluding hydrogens is 342 g/mol. The molecule has 1 heterocycles. The first-order chi connectivity index (χ1) is 12.9. The van der Waals surface area contributed by atoms with E-state index in [1.807, 2.05) is 30.3 Å². The summed E-state index contributed by atoms with van der Waals surface area (Å²) in [5.74, 6) is -0.368. The van der Waals surface area contributed by atoms with Gasteiger partial charge >= 0.3 is 0 Å². The molecule has 1 atom stereocenters. The number of nitrogens with zero attached hydrogens (tertiary/aromatic N) is 2. The number of carbonyl (C=O) groups is 2. The lowest BCUT2D eigenvalue weighted by atomic mass is 9.95. The summed E-state index contributed by atoms with van der Waals surface area (Å²) in [4.78, 5) is 38.6. The normalized spacial score (nSPS) is 11.7. The summed E-state index contributed by atoms with van der Waals surface area (Å²) in [7, 11) is 3.17. The van der Waals surface area contributed by atoms with Gasteiger partial charge in [-0.2, -0.15) is 0 Å². The van der Waals surface area contributed by atoms with Crippen LogP contribution in [0.4, 0.5) is 0 Å². The Morgan fingerprint density at radius 3 is 2.44 bits per heavy atom. The quantitative estimate of drug-likeness (QED) is 0.812. The molecule has 6 nitrogen and oxygen atoms in total. The fourth-order valence-corrected chi connectivity index (χ4v) is 3.11. The maximum absolute atomic E-state index is 13.1. The van der Waals surface area contributed by atoms with Crippen molar-refractivity contribution in [1.82, 2.24) is 14.8 Å². The van der Waals surface area contributed by atoms with Crippen LogP contribution in [0.25, 0.3) is 0 Å². The van der Waals surface area contributed by atoms with E-state index in [2.05, 4.69) is 12.2 Å². The van der Waals surface area contributed by atoms with E-state index < -0.39 is 0 Å². The van der Waals surface area contributed by atoms with Crippen LogP contribution < -0.4 is 10.9 Å². The molecule has 0 aliphatic heterocycles. The van der Waals surface area contributed by atoms with Crippen LogP contribution in [-0.2, 0) is 11.8 Å². The molecule has 6 heteroatoms. The molecule has 0 fully saturated rings. The minimum atomic E-state index is -0.258. The third kappa shape index (κ3) is 5.06. The number of amides is 2. The van der Waals surface area contributed by atoms with Crippen LogP contribution in [0, 0.1) is 6.92 Å². The van der Waals surface area contributed by atoms with Crippen molar-refractivity contribution in [3.8, 4) is 0 Å². The summed E-state index contributed by atoms with van der Waals surface area (Å²) < 4.78 is 1.40. The summed E-state index contributed by atoms with van der Waals surface area (Å²) >= 11 is 0.